The van der Waals surface area contributed by atoms with Crippen molar-refractivity contribution in [2.24, 2.45) is 5.41 Å². The minimum atomic E-state index is -1.84. The number of aliphatic hydroxyl groups excluding tert-OH is 1. The number of hydrogen-bond donors (Lipinski definition) is 3. The van der Waals surface area contributed by atoms with Gasteiger partial charge in [-0.1, -0.05) is 219 Å². The van der Waals surface area contributed by atoms with Crippen LogP contribution in [0.2, 0.25) is 0 Å². The van der Waals surface area contributed by atoms with Gasteiger partial charge in [0.2, 0.25) is 0 Å². The lowest BCUT2D eigenvalue weighted by atomic mass is 9.73. The van der Waals surface area contributed by atoms with Gasteiger partial charge < -0.3 is 15.3 Å². The monoisotopic (exact) mass is 639 g/mol. The Morgan fingerprint density at radius 2 is 0.600 bits per heavy atom. The average Bonchev–Trinajstić information content (AvgIpc) is 3.02. The zero-order valence-corrected chi connectivity index (χ0v) is 30.3. The molecule has 0 fully saturated rings. The third-order valence-corrected chi connectivity index (χ3v) is 10.1. The van der Waals surface area contributed by atoms with E-state index >= 15 is 0 Å². The van der Waals surface area contributed by atoms with Gasteiger partial charge in [-0.2, -0.15) is 0 Å². The molecule has 0 aromatic heterocycles. The molecule has 0 saturated heterocycles. The summed E-state index contributed by atoms with van der Waals surface area (Å²) in [7, 11) is 0. The van der Waals surface area contributed by atoms with Gasteiger partial charge in [-0.3, -0.25) is 4.79 Å². The topological polar surface area (TPSA) is 94.8 Å². The maximum Gasteiger partial charge on any atom is 0.333 e. The van der Waals surface area contributed by atoms with Crippen LogP contribution in [-0.4, -0.2) is 33.4 Å². The Kier molecular flexibility index (Phi) is 32.0. The molecule has 0 heterocycles. The second-order valence-corrected chi connectivity index (χ2v) is 14.3. The van der Waals surface area contributed by atoms with Crippen molar-refractivity contribution >= 4 is 11.9 Å². The highest BCUT2D eigenvalue weighted by molar-refractivity contribution is 5.85. The predicted molar refractivity (Wildman–Crippen MR) is 192 cm³/mol. The Morgan fingerprint density at radius 1 is 0.400 bits per heavy atom. The lowest BCUT2D eigenvalue weighted by Crippen LogP contribution is -2.47. The maximum atomic E-state index is 12.3. The fourth-order valence-corrected chi connectivity index (χ4v) is 6.94. The zero-order chi connectivity index (χ0) is 33.3. The molecule has 0 aliphatic carbocycles. The molecule has 0 aromatic carbocycles. The number of carbonyl (C=O) groups is 2. The van der Waals surface area contributed by atoms with E-state index in [0.717, 1.165) is 38.5 Å². The Morgan fingerprint density at radius 3 is 0.778 bits per heavy atom. The highest BCUT2D eigenvalue weighted by Gasteiger charge is 2.48. The minimum Gasteiger partial charge on any atom is -0.481 e. The molecule has 0 aliphatic heterocycles. The molecule has 0 amide bonds. The summed E-state index contributed by atoms with van der Waals surface area (Å²) in [5, 5.41) is 30.1. The summed E-state index contributed by atoms with van der Waals surface area (Å²) in [6.07, 6.45) is 38.4. The molecule has 0 spiro atoms. The van der Waals surface area contributed by atoms with E-state index in [1.165, 1.54) is 154 Å². The van der Waals surface area contributed by atoms with E-state index in [4.69, 9.17) is 0 Å². The third-order valence-electron chi connectivity index (χ3n) is 10.1. The van der Waals surface area contributed by atoms with E-state index in [1.54, 1.807) is 0 Å². The first-order chi connectivity index (χ1) is 21.9. The van der Waals surface area contributed by atoms with Crippen molar-refractivity contribution in [3.63, 3.8) is 0 Å². The Hall–Kier alpha value is -1.10. The molecule has 1 unspecified atom stereocenters. The predicted octanol–water partition coefficient (Wildman–Crippen LogP) is 12.8. The van der Waals surface area contributed by atoms with E-state index in [0.29, 0.717) is 12.8 Å². The average molecular weight is 639 g/mol. The molecule has 268 valence electrons. The normalized spacial score (nSPS) is 12.5. The van der Waals surface area contributed by atoms with Crippen LogP contribution >= 0.6 is 0 Å². The number of rotatable bonds is 37. The second kappa shape index (κ2) is 32.8. The van der Waals surface area contributed by atoms with Gasteiger partial charge in [0.25, 0.3) is 0 Å². The van der Waals surface area contributed by atoms with E-state index in [1.807, 2.05) is 0 Å². The molecule has 0 rings (SSSR count). The first-order valence-corrected chi connectivity index (χ1v) is 20.1. The van der Waals surface area contributed by atoms with E-state index in [9.17, 15) is 24.9 Å². The first kappa shape index (κ1) is 43.9. The molecule has 0 aromatic rings. The van der Waals surface area contributed by atoms with Crippen molar-refractivity contribution in [1.29, 1.82) is 0 Å². The number of hydrogen-bond acceptors (Lipinski definition) is 3. The molecule has 0 bridgehead atoms. The summed E-state index contributed by atoms with van der Waals surface area (Å²) in [4.78, 5) is 24.0. The fourth-order valence-electron chi connectivity index (χ4n) is 6.94. The van der Waals surface area contributed by atoms with Crippen LogP contribution in [0.25, 0.3) is 0 Å². The van der Waals surface area contributed by atoms with Crippen molar-refractivity contribution in [3.8, 4) is 0 Å². The van der Waals surface area contributed by atoms with Crippen molar-refractivity contribution in [1.82, 2.24) is 0 Å². The SMILES string of the molecule is CCCCCCCCCCCCCCCCCCC(CCCCCCCCCCCCCCCCCC)(C(=O)O)C(O)C(=O)O. The molecule has 5 nitrogen and oxygen atoms in total. The third kappa shape index (κ3) is 25.6. The van der Waals surface area contributed by atoms with Crippen LogP contribution in [0, 0.1) is 5.41 Å². The summed E-state index contributed by atoms with van der Waals surface area (Å²) in [6.45, 7) is 4.53. The first-order valence-electron chi connectivity index (χ1n) is 20.1. The zero-order valence-electron chi connectivity index (χ0n) is 30.3. The summed E-state index contributed by atoms with van der Waals surface area (Å²) in [5.41, 5.74) is -1.57. The summed E-state index contributed by atoms with van der Waals surface area (Å²) in [5.74, 6) is -2.57. The maximum absolute atomic E-state index is 12.3. The molecule has 3 N–H and O–H groups in total. The summed E-state index contributed by atoms with van der Waals surface area (Å²) < 4.78 is 0. The molecular formula is C40H78O5. The van der Waals surface area contributed by atoms with Gasteiger partial charge in [0, 0.05) is 0 Å². The van der Waals surface area contributed by atoms with Crippen molar-refractivity contribution in [2.75, 3.05) is 0 Å². The van der Waals surface area contributed by atoms with Crippen LogP contribution < -0.4 is 0 Å². The van der Waals surface area contributed by atoms with Crippen LogP contribution in [0.5, 0.6) is 0 Å². The summed E-state index contributed by atoms with van der Waals surface area (Å²) >= 11 is 0. The molecule has 0 aliphatic rings. The van der Waals surface area contributed by atoms with E-state index < -0.39 is 23.5 Å². The van der Waals surface area contributed by atoms with Gasteiger partial charge in [-0.25, -0.2) is 4.79 Å². The van der Waals surface area contributed by atoms with Crippen LogP contribution in [-0.2, 0) is 9.59 Å². The number of aliphatic carboxylic acids is 2. The smallest absolute Gasteiger partial charge is 0.333 e. The highest BCUT2D eigenvalue weighted by atomic mass is 16.4. The molecule has 45 heavy (non-hydrogen) atoms. The fraction of sp³-hybridized carbons (Fsp3) is 0.950. The molecule has 1 atom stereocenters. The second-order valence-electron chi connectivity index (χ2n) is 14.3. The number of unbranched alkanes of at least 4 members (excludes halogenated alkanes) is 30. The largest absolute Gasteiger partial charge is 0.481 e. The van der Waals surface area contributed by atoms with Crippen molar-refractivity contribution in [3.05, 3.63) is 0 Å². The van der Waals surface area contributed by atoms with Crippen LogP contribution in [0.15, 0.2) is 0 Å². The molecular weight excluding hydrogens is 560 g/mol. The minimum absolute atomic E-state index is 0.243. The van der Waals surface area contributed by atoms with Gasteiger partial charge in [0.05, 0.1) is 0 Å². The van der Waals surface area contributed by atoms with Crippen LogP contribution in [0.4, 0.5) is 0 Å². The Balaban J connectivity index is 4.00. The Labute approximate surface area is 280 Å². The van der Waals surface area contributed by atoms with E-state index in [2.05, 4.69) is 13.8 Å². The standard InChI is InChI=1S/C40H78O5/c1-3-5-7-9-11-13-15-17-19-21-23-25-27-29-31-33-35-40(39(44)45,37(41)38(42)43)36-34-32-30-28-26-24-22-20-18-16-14-12-10-8-6-4-2/h37,41H,3-36H2,1-2H3,(H,42,43)(H,44,45). The lowest BCUT2D eigenvalue weighted by Gasteiger charge is -2.32. The Bertz CT molecular complexity index is 613. The van der Waals surface area contributed by atoms with E-state index in [-0.39, 0.29) is 12.8 Å². The van der Waals surface area contributed by atoms with Gasteiger partial charge in [0.1, 0.15) is 5.41 Å². The van der Waals surface area contributed by atoms with Crippen molar-refractivity contribution in [2.45, 2.75) is 238 Å². The van der Waals surface area contributed by atoms with Crippen LogP contribution in [0.3, 0.4) is 0 Å². The van der Waals surface area contributed by atoms with Crippen molar-refractivity contribution < 1.29 is 24.9 Å². The molecule has 5 heteroatoms. The lowest BCUT2D eigenvalue weighted by molar-refractivity contribution is -0.171. The van der Waals surface area contributed by atoms with Gasteiger partial charge in [-0.05, 0) is 12.8 Å². The highest BCUT2D eigenvalue weighted by Crippen LogP contribution is 2.36. The number of carboxylic acids is 2. The number of aliphatic hydroxyl groups is 1. The molecule has 0 radical (unpaired) electrons. The van der Waals surface area contributed by atoms with Gasteiger partial charge >= 0.3 is 11.9 Å². The van der Waals surface area contributed by atoms with Gasteiger partial charge in [0.15, 0.2) is 6.10 Å². The van der Waals surface area contributed by atoms with Gasteiger partial charge in [-0.15, -0.1) is 0 Å². The summed E-state index contributed by atoms with van der Waals surface area (Å²) in [6, 6.07) is 0. The quantitative estimate of drug-likeness (QED) is 0.0588. The molecule has 0 saturated carbocycles. The van der Waals surface area contributed by atoms with Crippen LogP contribution in [0.1, 0.15) is 232 Å². The number of carboxylic acid groups (broad SMARTS) is 2.